The first-order valence-electron chi connectivity index (χ1n) is 8.89. The zero-order valence-electron chi connectivity index (χ0n) is 14.1. The second kappa shape index (κ2) is 5.22. The molecule has 1 saturated heterocycles. The molecular formula is C20H20N2O3. The van der Waals surface area contributed by atoms with Gasteiger partial charge in [-0.2, -0.15) is 0 Å². The first-order chi connectivity index (χ1) is 12.1. The van der Waals surface area contributed by atoms with E-state index in [2.05, 4.69) is 17.4 Å². The molecule has 1 saturated carbocycles. The first-order valence-corrected chi connectivity index (χ1v) is 8.89. The van der Waals surface area contributed by atoms with Gasteiger partial charge in [-0.25, -0.2) is 0 Å². The van der Waals surface area contributed by atoms with E-state index in [0.717, 1.165) is 24.8 Å². The monoisotopic (exact) mass is 336 g/mol. The molecule has 3 unspecified atom stereocenters. The van der Waals surface area contributed by atoms with Crippen LogP contribution in [0.2, 0.25) is 0 Å². The standard InChI is InChI=1S/C20H20N2O3/c1-11-8-17(22(20(11)24)13-6-7-13)25-10-16-15-9-12-4-2-3-5-14(12)18(15)21-19(16)23/h2-5,8,10,13,15,17-18H,6-7,9H2,1H3,(H,21,23)/b16-10+. The number of nitrogens with one attached hydrogen (secondary N) is 1. The fraction of sp³-hybridized carbons (Fsp3) is 0.400. The Morgan fingerprint density at radius 3 is 2.84 bits per heavy atom. The van der Waals surface area contributed by atoms with E-state index in [4.69, 9.17) is 4.74 Å². The summed E-state index contributed by atoms with van der Waals surface area (Å²) in [5.74, 6) is 0.0990. The van der Waals surface area contributed by atoms with E-state index in [0.29, 0.717) is 5.57 Å². The molecule has 4 aliphatic rings. The van der Waals surface area contributed by atoms with E-state index in [9.17, 15) is 9.59 Å². The lowest BCUT2D eigenvalue weighted by molar-refractivity contribution is -0.132. The maximum atomic E-state index is 12.4. The third kappa shape index (κ3) is 2.22. The lowest BCUT2D eigenvalue weighted by Gasteiger charge is -2.24. The SMILES string of the molecule is CC1=CC(O/C=C2/C(=O)NC3c4ccccc4CC23)N(C2CC2)C1=O. The smallest absolute Gasteiger partial charge is 0.252 e. The summed E-state index contributed by atoms with van der Waals surface area (Å²) in [4.78, 5) is 26.5. The van der Waals surface area contributed by atoms with Crippen LogP contribution >= 0.6 is 0 Å². The van der Waals surface area contributed by atoms with Gasteiger partial charge in [0, 0.05) is 17.5 Å². The molecule has 25 heavy (non-hydrogen) atoms. The molecule has 5 heteroatoms. The van der Waals surface area contributed by atoms with Crippen molar-refractivity contribution >= 4 is 11.8 Å². The van der Waals surface area contributed by atoms with Gasteiger partial charge < -0.3 is 10.1 Å². The number of ether oxygens (including phenoxy) is 1. The maximum Gasteiger partial charge on any atom is 0.252 e. The van der Waals surface area contributed by atoms with Gasteiger partial charge in [0.05, 0.1) is 17.9 Å². The minimum atomic E-state index is -0.386. The van der Waals surface area contributed by atoms with Crippen LogP contribution in [0.15, 0.2) is 47.7 Å². The van der Waals surface area contributed by atoms with Crippen LogP contribution in [-0.4, -0.2) is 29.0 Å². The van der Waals surface area contributed by atoms with Crippen molar-refractivity contribution < 1.29 is 14.3 Å². The molecule has 128 valence electrons. The molecule has 1 aromatic rings. The molecule has 2 amide bonds. The molecule has 5 nitrogen and oxygen atoms in total. The summed E-state index contributed by atoms with van der Waals surface area (Å²) in [7, 11) is 0. The van der Waals surface area contributed by atoms with Crippen molar-refractivity contribution in [3.8, 4) is 0 Å². The first kappa shape index (κ1) is 14.8. The quantitative estimate of drug-likeness (QED) is 0.680. The van der Waals surface area contributed by atoms with Crippen molar-refractivity contribution in [2.75, 3.05) is 0 Å². The number of carbonyl (C=O) groups is 2. The Hall–Kier alpha value is -2.56. The van der Waals surface area contributed by atoms with Gasteiger partial charge in [-0.05, 0) is 43.4 Å². The van der Waals surface area contributed by atoms with Crippen LogP contribution in [0.1, 0.15) is 36.9 Å². The van der Waals surface area contributed by atoms with E-state index in [1.54, 1.807) is 11.2 Å². The van der Waals surface area contributed by atoms with Gasteiger partial charge in [0.25, 0.3) is 11.8 Å². The second-order valence-electron chi connectivity index (χ2n) is 7.35. The average molecular weight is 336 g/mol. The molecule has 1 N–H and O–H groups in total. The van der Waals surface area contributed by atoms with Crippen molar-refractivity contribution in [1.29, 1.82) is 0 Å². The van der Waals surface area contributed by atoms with Gasteiger partial charge in [0.1, 0.15) is 0 Å². The number of carbonyl (C=O) groups excluding carboxylic acids is 2. The number of fused-ring (bicyclic) bond motifs is 3. The zero-order valence-corrected chi connectivity index (χ0v) is 14.1. The number of benzene rings is 1. The number of rotatable bonds is 3. The summed E-state index contributed by atoms with van der Waals surface area (Å²) in [5, 5.41) is 3.08. The third-order valence-electron chi connectivity index (χ3n) is 5.69. The van der Waals surface area contributed by atoms with Gasteiger partial charge >= 0.3 is 0 Å². The zero-order chi connectivity index (χ0) is 17.1. The lowest BCUT2D eigenvalue weighted by atomic mass is 9.97. The Morgan fingerprint density at radius 2 is 2.04 bits per heavy atom. The highest BCUT2D eigenvalue weighted by Gasteiger charge is 2.45. The summed E-state index contributed by atoms with van der Waals surface area (Å²) in [5.41, 5.74) is 3.89. The van der Waals surface area contributed by atoms with Gasteiger partial charge in [0.15, 0.2) is 6.23 Å². The predicted octanol–water partition coefficient (Wildman–Crippen LogP) is 2.21. The second-order valence-corrected chi connectivity index (χ2v) is 7.35. The van der Waals surface area contributed by atoms with Crippen molar-refractivity contribution in [2.45, 2.75) is 44.5 Å². The Bertz CT molecular complexity index is 837. The van der Waals surface area contributed by atoms with E-state index < -0.39 is 0 Å². The predicted molar refractivity (Wildman–Crippen MR) is 91.1 cm³/mol. The largest absolute Gasteiger partial charge is 0.474 e. The highest BCUT2D eigenvalue weighted by molar-refractivity contribution is 5.97. The normalized spacial score (nSPS) is 31.9. The van der Waals surface area contributed by atoms with Crippen LogP contribution in [-0.2, 0) is 20.7 Å². The van der Waals surface area contributed by atoms with Gasteiger partial charge in [-0.1, -0.05) is 24.3 Å². The number of hydrogen-bond acceptors (Lipinski definition) is 3. The third-order valence-corrected chi connectivity index (χ3v) is 5.69. The number of hydrogen-bond donors (Lipinski definition) is 1. The Balaban J connectivity index is 1.39. The van der Waals surface area contributed by atoms with E-state index in [1.807, 2.05) is 25.1 Å². The minimum Gasteiger partial charge on any atom is -0.474 e. The van der Waals surface area contributed by atoms with Gasteiger partial charge in [-0.15, -0.1) is 0 Å². The summed E-state index contributed by atoms with van der Waals surface area (Å²) >= 11 is 0. The minimum absolute atomic E-state index is 0.0422. The van der Waals surface area contributed by atoms with Gasteiger partial charge in [0.2, 0.25) is 0 Å². The lowest BCUT2D eigenvalue weighted by Crippen LogP contribution is -2.37. The average Bonchev–Trinajstić information content (AvgIpc) is 3.22. The molecular weight excluding hydrogens is 316 g/mol. The summed E-state index contributed by atoms with van der Waals surface area (Å²) < 4.78 is 5.92. The van der Waals surface area contributed by atoms with Crippen LogP contribution in [0.4, 0.5) is 0 Å². The maximum absolute atomic E-state index is 12.4. The van der Waals surface area contributed by atoms with Crippen LogP contribution in [0.3, 0.4) is 0 Å². The van der Waals surface area contributed by atoms with Crippen molar-refractivity contribution in [3.63, 3.8) is 0 Å². The molecule has 5 rings (SSSR count). The molecule has 2 aliphatic heterocycles. The number of amides is 2. The summed E-state index contributed by atoms with van der Waals surface area (Å²) in [6, 6.07) is 8.57. The molecule has 2 heterocycles. The van der Waals surface area contributed by atoms with E-state index in [-0.39, 0.29) is 36.0 Å². The van der Waals surface area contributed by atoms with Crippen molar-refractivity contribution in [3.05, 3.63) is 58.9 Å². The highest BCUT2D eigenvalue weighted by Crippen LogP contribution is 2.44. The Morgan fingerprint density at radius 1 is 1.24 bits per heavy atom. The molecule has 1 aromatic carbocycles. The molecule has 0 aromatic heterocycles. The molecule has 0 bridgehead atoms. The highest BCUT2D eigenvalue weighted by atomic mass is 16.5. The Labute approximate surface area is 146 Å². The summed E-state index contributed by atoms with van der Waals surface area (Å²) in [6.45, 7) is 1.82. The molecule has 0 radical (unpaired) electrons. The van der Waals surface area contributed by atoms with E-state index >= 15 is 0 Å². The van der Waals surface area contributed by atoms with Crippen LogP contribution in [0.25, 0.3) is 0 Å². The fourth-order valence-electron chi connectivity index (χ4n) is 4.26. The molecule has 3 atom stereocenters. The van der Waals surface area contributed by atoms with Gasteiger partial charge in [-0.3, -0.25) is 14.5 Å². The molecule has 2 aliphatic carbocycles. The molecule has 2 fully saturated rings. The molecule has 0 spiro atoms. The van der Waals surface area contributed by atoms with Crippen molar-refractivity contribution in [2.24, 2.45) is 5.92 Å². The van der Waals surface area contributed by atoms with Crippen molar-refractivity contribution in [1.82, 2.24) is 10.2 Å². The van der Waals surface area contributed by atoms with Crippen LogP contribution in [0, 0.1) is 5.92 Å². The van der Waals surface area contributed by atoms with E-state index in [1.165, 1.54) is 11.1 Å². The number of nitrogens with zero attached hydrogens (tertiary/aromatic N) is 1. The topological polar surface area (TPSA) is 58.6 Å². The Kier molecular flexibility index (Phi) is 3.08. The van der Waals surface area contributed by atoms with Crippen LogP contribution < -0.4 is 5.32 Å². The van der Waals surface area contributed by atoms with Crippen LogP contribution in [0.5, 0.6) is 0 Å². The summed E-state index contributed by atoms with van der Waals surface area (Å²) in [6.07, 6.45) is 5.97. The fourth-order valence-corrected chi connectivity index (χ4v) is 4.26.